The Morgan fingerprint density at radius 2 is 1.89 bits per heavy atom. The second-order valence-electron chi connectivity index (χ2n) is 10.8. The smallest absolute Gasteiger partial charge is 0.318 e. The minimum Gasteiger partial charge on any atom is -0.467 e. The van der Waals surface area contributed by atoms with Crippen molar-refractivity contribution >= 4 is 27.5 Å². The van der Waals surface area contributed by atoms with E-state index in [0.29, 0.717) is 53.2 Å². The van der Waals surface area contributed by atoms with Gasteiger partial charge in [-0.15, -0.1) is 6.42 Å². The number of fused-ring (bicyclic) bond motifs is 3. The van der Waals surface area contributed by atoms with E-state index in [1.807, 2.05) is 4.90 Å². The van der Waals surface area contributed by atoms with Crippen molar-refractivity contribution in [1.82, 2.24) is 25.2 Å². The van der Waals surface area contributed by atoms with Crippen LogP contribution in [0.2, 0.25) is 0 Å². The van der Waals surface area contributed by atoms with Crippen LogP contribution in [-0.2, 0) is 0 Å². The van der Waals surface area contributed by atoms with Gasteiger partial charge in [-0.2, -0.15) is 15.2 Å². The number of hydrogen-bond donors (Lipinski definition) is 1. The summed E-state index contributed by atoms with van der Waals surface area (Å²) in [4.78, 5) is 17.5. The molecule has 0 saturated carbocycles. The van der Waals surface area contributed by atoms with Crippen molar-refractivity contribution in [3.63, 3.8) is 0 Å². The number of piperazine rings is 1. The van der Waals surface area contributed by atoms with Gasteiger partial charge in [-0.1, -0.05) is 30.2 Å². The summed E-state index contributed by atoms with van der Waals surface area (Å²) in [6, 6.07) is 10.6. The Balaban J connectivity index is 0.000000267. The van der Waals surface area contributed by atoms with E-state index < -0.39 is 17.8 Å². The quantitative estimate of drug-likeness (QED) is 0.319. The number of rotatable bonds is 3. The maximum atomic E-state index is 15.9. The molecular formula is C33H34F3N7O. The molecule has 2 unspecified atom stereocenters. The van der Waals surface area contributed by atoms with E-state index in [4.69, 9.17) is 16.4 Å². The van der Waals surface area contributed by atoms with Crippen molar-refractivity contribution in [2.45, 2.75) is 38.4 Å². The zero-order valence-corrected chi connectivity index (χ0v) is 24.8. The van der Waals surface area contributed by atoms with Gasteiger partial charge in [0.25, 0.3) is 0 Å². The van der Waals surface area contributed by atoms with Gasteiger partial charge in [0.2, 0.25) is 0 Å². The first-order chi connectivity index (χ1) is 21.4. The van der Waals surface area contributed by atoms with Crippen LogP contribution in [0.25, 0.3) is 32.9 Å². The molecule has 7 rings (SSSR count). The number of halogens is 3. The lowest BCUT2D eigenvalue weighted by Gasteiger charge is -2.29. The SMILES string of the molecule is C#Cc1c(F)ccc2cccc(-c3ncc4c(N5CCNCC5)nc(OC)nc4c3F)c12.CC#N.FC1CC2CCCN2C1. The highest BCUT2D eigenvalue weighted by atomic mass is 19.1. The molecule has 228 valence electrons. The summed E-state index contributed by atoms with van der Waals surface area (Å²) >= 11 is 0. The summed E-state index contributed by atoms with van der Waals surface area (Å²) < 4.78 is 48.2. The molecule has 4 aromatic rings. The second-order valence-corrected chi connectivity index (χ2v) is 10.8. The average Bonchev–Trinajstić information content (AvgIpc) is 3.63. The van der Waals surface area contributed by atoms with Gasteiger partial charge in [0, 0.05) is 62.8 Å². The lowest BCUT2D eigenvalue weighted by molar-refractivity contribution is 0.292. The molecule has 44 heavy (non-hydrogen) atoms. The highest BCUT2D eigenvalue weighted by molar-refractivity contribution is 6.02. The maximum absolute atomic E-state index is 15.9. The molecule has 0 spiro atoms. The lowest BCUT2D eigenvalue weighted by atomic mass is 9.96. The minimum atomic E-state index is -0.640. The topological polar surface area (TPSA) is 90.2 Å². The third-order valence-corrected chi connectivity index (χ3v) is 8.10. The van der Waals surface area contributed by atoms with E-state index in [1.54, 1.807) is 36.5 Å². The molecule has 1 N–H and O–H groups in total. The second kappa shape index (κ2) is 13.9. The molecular weight excluding hydrogens is 567 g/mol. The van der Waals surface area contributed by atoms with Crippen LogP contribution in [0.5, 0.6) is 6.01 Å². The number of nitriles is 1. The number of anilines is 1. The van der Waals surface area contributed by atoms with Crippen molar-refractivity contribution in [3.8, 4) is 35.7 Å². The van der Waals surface area contributed by atoms with Gasteiger partial charge < -0.3 is 15.0 Å². The van der Waals surface area contributed by atoms with Crippen LogP contribution in [0.15, 0.2) is 36.5 Å². The predicted octanol–water partition coefficient (Wildman–Crippen LogP) is 5.25. The van der Waals surface area contributed by atoms with Crippen LogP contribution >= 0.6 is 0 Å². The van der Waals surface area contributed by atoms with Gasteiger partial charge in [-0.25, -0.2) is 13.2 Å². The number of alkyl halides is 1. The predicted molar refractivity (Wildman–Crippen MR) is 165 cm³/mol. The number of methoxy groups -OCH3 is 1. The van der Waals surface area contributed by atoms with E-state index in [9.17, 15) is 8.78 Å². The zero-order chi connectivity index (χ0) is 31.2. The molecule has 3 aliphatic heterocycles. The molecule has 2 atom stereocenters. The van der Waals surface area contributed by atoms with Gasteiger partial charge in [-0.05, 0) is 37.3 Å². The van der Waals surface area contributed by atoms with E-state index in [-0.39, 0.29) is 22.8 Å². The number of aromatic nitrogens is 3. The molecule has 11 heteroatoms. The molecule has 3 saturated heterocycles. The standard InChI is InChI=1S/C24H19F2N5O.C7H12FN.C2H3N/c1-3-15-18(25)8-7-14-5-4-6-16(19(14)15)21-20(26)22-17(13-28-21)23(30-24(29-22)32-2)31-11-9-27-10-12-31;8-6-4-7-2-1-3-9(7)5-6;1-2-3/h1,4-8,13,27H,9-12H2,2H3;6-7H,1-5H2;1H3. The maximum Gasteiger partial charge on any atom is 0.318 e. The summed E-state index contributed by atoms with van der Waals surface area (Å²) in [5.74, 6) is 1.78. The Kier molecular flexibility index (Phi) is 9.78. The molecule has 0 radical (unpaired) electrons. The Hall–Kier alpha value is -4.45. The Morgan fingerprint density at radius 3 is 2.59 bits per heavy atom. The van der Waals surface area contributed by atoms with Crippen molar-refractivity contribution in [2.75, 3.05) is 51.3 Å². The molecule has 3 fully saturated rings. The van der Waals surface area contributed by atoms with Crippen molar-refractivity contribution in [3.05, 3.63) is 53.7 Å². The van der Waals surface area contributed by atoms with Crippen LogP contribution in [-0.4, -0.2) is 78.4 Å². The number of terminal acetylenes is 1. The largest absolute Gasteiger partial charge is 0.467 e. The van der Waals surface area contributed by atoms with Gasteiger partial charge in [0.05, 0.1) is 24.1 Å². The van der Waals surface area contributed by atoms with E-state index in [2.05, 4.69) is 31.1 Å². The summed E-state index contributed by atoms with van der Waals surface area (Å²) in [5.41, 5.74) is 0.597. The Labute approximate surface area is 254 Å². The van der Waals surface area contributed by atoms with Crippen molar-refractivity contribution in [1.29, 1.82) is 5.26 Å². The zero-order valence-electron chi connectivity index (χ0n) is 24.8. The molecule has 5 heterocycles. The molecule has 2 aromatic carbocycles. The molecule has 8 nitrogen and oxygen atoms in total. The van der Waals surface area contributed by atoms with Gasteiger partial charge in [0.1, 0.15) is 29.0 Å². The number of pyridine rings is 1. The van der Waals surface area contributed by atoms with Gasteiger partial charge in [0.15, 0.2) is 5.82 Å². The number of hydrogen-bond acceptors (Lipinski definition) is 8. The monoisotopic (exact) mass is 601 g/mol. The normalized spacial score (nSPS) is 19.3. The van der Waals surface area contributed by atoms with Crippen LogP contribution in [0.3, 0.4) is 0 Å². The van der Waals surface area contributed by atoms with Crippen molar-refractivity contribution < 1.29 is 17.9 Å². The summed E-state index contributed by atoms with van der Waals surface area (Å²) in [6.45, 7) is 6.30. The number of nitrogens with one attached hydrogen (secondary N) is 1. The van der Waals surface area contributed by atoms with Gasteiger partial charge >= 0.3 is 6.01 Å². The van der Waals surface area contributed by atoms with E-state index in [0.717, 1.165) is 26.1 Å². The van der Waals surface area contributed by atoms with Crippen LogP contribution < -0.4 is 15.0 Å². The van der Waals surface area contributed by atoms with Crippen molar-refractivity contribution in [2.24, 2.45) is 0 Å². The fourth-order valence-corrected chi connectivity index (χ4v) is 6.14. The fourth-order valence-electron chi connectivity index (χ4n) is 6.14. The van der Waals surface area contributed by atoms with Gasteiger partial charge in [-0.3, -0.25) is 9.88 Å². The first-order valence-corrected chi connectivity index (χ1v) is 14.6. The lowest BCUT2D eigenvalue weighted by Crippen LogP contribution is -2.44. The summed E-state index contributed by atoms with van der Waals surface area (Å²) in [7, 11) is 1.44. The highest BCUT2D eigenvalue weighted by Gasteiger charge is 2.34. The summed E-state index contributed by atoms with van der Waals surface area (Å²) in [5, 5.41) is 12.2. The molecule has 0 bridgehead atoms. The average molecular weight is 602 g/mol. The number of ether oxygens (including phenoxy) is 1. The summed E-state index contributed by atoms with van der Waals surface area (Å²) in [6.07, 6.45) is 9.95. The third kappa shape index (κ3) is 6.26. The minimum absolute atomic E-state index is 0.0391. The third-order valence-electron chi connectivity index (χ3n) is 8.10. The Morgan fingerprint density at radius 1 is 1.11 bits per heavy atom. The molecule has 0 aliphatic carbocycles. The number of benzene rings is 2. The molecule has 0 amide bonds. The van der Waals surface area contributed by atoms with Crippen LogP contribution in [0.1, 0.15) is 31.7 Å². The van der Waals surface area contributed by atoms with Crippen LogP contribution in [0, 0.1) is 35.3 Å². The molecule has 2 aromatic heterocycles. The van der Waals surface area contributed by atoms with E-state index >= 15 is 4.39 Å². The first kappa shape index (κ1) is 31.0. The highest BCUT2D eigenvalue weighted by Crippen LogP contribution is 2.36. The van der Waals surface area contributed by atoms with Crippen LogP contribution in [0.4, 0.5) is 19.0 Å². The molecule has 3 aliphatic rings. The fraction of sp³-hybridized carbons (Fsp3) is 0.394. The number of nitrogens with zero attached hydrogens (tertiary/aromatic N) is 6. The first-order valence-electron chi connectivity index (χ1n) is 14.6. The van der Waals surface area contributed by atoms with E-state index in [1.165, 1.54) is 32.9 Å². The Bertz CT molecular complexity index is 1720.